The molecule has 0 spiro atoms. The Bertz CT molecular complexity index is 568. The molecule has 0 N–H and O–H groups in total. The van der Waals surface area contributed by atoms with E-state index in [0.717, 1.165) is 31.0 Å². The van der Waals surface area contributed by atoms with Crippen LogP contribution in [0.4, 0.5) is 0 Å². The molecule has 0 radical (unpaired) electrons. The van der Waals surface area contributed by atoms with Crippen molar-refractivity contribution in [3.63, 3.8) is 0 Å². The summed E-state index contributed by atoms with van der Waals surface area (Å²) in [5.41, 5.74) is 3.29. The summed E-state index contributed by atoms with van der Waals surface area (Å²) >= 11 is 1.71. The Hall–Kier alpha value is -1.59. The molecule has 0 aromatic carbocycles. The fraction of sp³-hybridized carbons (Fsp3) is 0.400. The molecule has 0 atom stereocenters. The van der Waals surface area contributed by atoms with E-state index in [2.05, 4.69) is 52.2 Å². The number of fused-ring (bicyclic) bond motifs is 3. The van der Waals surface area contributed by atoms with Crippen molar-refractivity contribution in [3.05, 3.63) is 40.3 Å². The Morgan fingerprint density at radius 2 is 2.15 bits per heavy atom. The summed E-state index contributed by atoms with van der Waals surface area (Å²) in [5.74, 6) is 0. The Morgan fingerprint density at radius 1 is 1.30 bits per heavy atom. The van der Waals surface area contributed by atoms with E-state index in [1.54, 1.807) is 11.3 Å². The van der Waals surface area contributed by atoms with Crippen LogP contribution in [0.2, 0.25) is 0 Å². The standard InChI is InChI=1S/C15H19N3OS/c1-3-17(4-2)9-10-19-16-14-12-6-5-8-18(12)13-7-11-20-15(13)14/h5-8,11H,3-4,9-10H2,1-2H3. The van der Waals surface area contributed by atoms with Crippen molar-refractivity contribution < 1.29 is 4.84 Å². The number of hydrogen-bond acceptors (Lipinski definition) is 4. The van der Waals surface area contributed by atoms with Gasteiger partial charge in [-0.25, -0.2) is 0 Å². The van der Waals surface area contributed by atoms with E-state index >= 15 is 0 Å². The Kier molecular flexibility index (Phi) is 3.89. The van der Waals surface area contributed by atoms with Crippen LogP contribution in [0.5, 0.6) is 0 Å². The van der Waals surface area contributed by atoms with Crippen LogP contribution in [0.3, 0.4) is 0 Å². The second-order valence-corrected chi connectivity index (χ2v) is 5.61. The molecule has 3 heterocycles. The highest BCUT2D eigenvalue weighted by molar-refractivity contribution is 7.13. The Labute approximate surface area is 123 Å². The molecule has 0 fully saturated rings. The van der Waals surface area contributed by atoms with Crippen LogP contribution < -0.4 is 0 Å². The first-order valence-corrected chi connectivity index (χ1v) is 7.91. The molecule has 0 amide bonds. The van der Waals surface area contributed by atoms with Crippen molar-refractivity contribution in [2.75, 3.05) is 26.2 Å². The number of oxime groups is 1. The van der Waals surface area contributed by atoms with Crippen molar-refractivity contribution in [1.82, 2.24) is 9.47 Å². The predicted molar refractivity (Wildman–Crippen MR) is 83.0 cm³/mol. The molecule has 0 saturated carbocycles. The van der Waals surface area contributed by atoms with E-state index in [-0.39, 0.29) is 0 Å². The fourth-order valence-electron chi connectivity index (χ4n) is 2.48. The summed E-state index contributed by atoms with van der Waals surface area (Å²) in [6, 6.07) is 6.25. The second kappa shape index (κ2) is 5.81. The monoisotopic (exact) mass is 289 g/mol. The molecule has 0 bridgehead atoms. The summed E-state index contributed by atoms with van der Waals surface area (Å²) in [6.45, 7) is 7.98. The maximum atomic E-state index is 5.54. The average Bonchev–Trinajstić information content (AvgIpc) is 3.14. The zero-order valence-electron chi connectivity index (χ0n) is 11.9. The summed E-state index contributed by atoms with van der Waals surface area (Å²) < 4.78 is 2.17. The molecule has 1 aliphatic heterocycles. The first kappa shape index (κ1) is 13.4. The van der Waals surface area contributed by atoms with Gasteiger partial charge in [0.25, 0.3) is 0 Å². The minimum Gasteiger partial charge on any atom is -0.394 e. The van der Waals surface area contributed by atoms with Crippen molar-refractivity contribution in [2.45, 2.75) is 13.8 Å². The third-order valence-electron chi connectivity index (χ3n) is 3.66. The van der Waals surface area contributed by atoms with Crippen molar-refractivity contribution in [1.29, 1.82) is 0 Å². The molecule has 2 aromatic rings. The normalized spacial score (nSPS) is 14.8. The zero-order chi connectivity index (χ0) is 13.9. The van der Waals surface area contributed by atoms with E-state index in [9.17, 15) is 0 Å². The molecule has 5 heteroatoms. The lowest BCUT2D eigenvalue weighted by Gasteiger charge is -2.16. The summed E-state index contributed by atoms with van der Waals surface area (Å²) in [7, 11) is 0. The van der Waals surface area contributed by atoms with Crippen molar-refractivity contribution in [2.24, 2.45) is 5.16 Å². The molecule has 106 valence electrons. The molecule has 2 aromatic heterocycles. The van der Waals surface area contributed by atoms with Gasteiger partial charge in [0.15, 0.2) is 0 Å². The van der Waals surface area contributed by atoms with Crippen LogP contribution >= 0.6 is 11.3 Å². The number of rotatable bonds is 6. The van der Waals surface area contributed by atoms with Gasteiger partial charge < -0.3 is 14.3 Å². The minimum absolute atomic E-state index is 0.632. The van der Waals surface area contributed by atoms with Crippen molar-refractivity contribution in [3.8, 4) is 5.69 Å². The van der Waals surface area contributed by atoms with Gasteiger partial charge in [0.1, 0.15) is 12.3 Å². The number of aromatic nitrogens is 1. The third-order valence-corrected chi connectivity index (χ3v) is 4.57. The zero-order valence-corrected chi connectivity index (χ0v) is 12.7. The van der Waals surface area contributed by atoms with Gasteiger partial charge in [0.05, 0.1) is 16.3 Å². The lowest BCUT2D eigenvalue weighted by molar-refractivity contribution is 0.114. The van der Waals surface area contributed by atoms with Gasteiger partial charge in [-0.3, -0.25) is 0 Å². The first-order valence-electron chi connectivity index (χ1n) is 7.03. The maximum absolute atomic E-state index is 5.54. The van der Waals surface area contributed by atoms with E-state index in [4.69, 9.17) is 4.84 Å². The van der Waals surface area contributed by atoms with Gasteiger partial charge >= 0.3 is 0 Å². The molecule has 4 nitrogen and oxygen atoms in total. The number of thiophene rings is 1. The summed E-state index contributed by atoms with van der Waals surface area (Å²) in [5, 5.41) is 6.47. The van der Waals surface area contributed by atoms with Crippen LogP contribution in [-0.2, 0) is 4.84 Å². The van der Waals surface area contributed by atoms with E-state index in [1.165, 1.54) is 10.6 Å². The minimum atomic E-state index is 0.632. The van der Waals surface area contributed by atoms with Crippen LogP contribution in [0, 0.1) is 0 Å². The van der Waals surface area contributed by atoms with Crippen LogP contribution in [0.25, 0.3) is 5.69 Å². The molecular formula is C15H19N3OS. The summed E-state index contributed by atoms with van der Waals surface area (Å²) in [4.78, 5) is 9.07. The molecule has 20 heavy (non-hydrogen) atoms. The topological polar surface area (TPSA) is 29.8 Å². The van der Waals surface area contributed by atoms with Crippen molar-refractivity contribution >= 4 is 17.0 Å². The average molecular weight is 289 g/mol. The van der Waals surface area contributed by atoms with Gasteiger partial charge in [-0.2, -0.15) is 0 Å². The fourth-order valence-corrected chi connectivity index (χ4v) is 3.35. The highest BCUT2D eigenvalue weighted by Crippen LogP contribution is 2.32. The molecule has 0 unspecified atom stereocenters. The van der Waals surface area contributed by atoms with E-state index in [1.807, 2.05) is 6.07 Å². The largest absolute Gasteiger partial charge is 0.394 e. The first-order chi connectivity index (χ1) is 9.85. The van der Waals surface area contributed by atoms with Crippen LogP contribution in [0.1, 0.15) is 24.4 Å². The van der Waals surface area contributed by atoms with Crippen LogP contribution in [0.15, 0.2) is 34.9 Å². The maximum Gasteiger partial charge on any atom is 0.146 e. The second-order valence-electron chi connectivity index (χ2n) is 4.70. The van der Waals surface area contributed by atoms with Gasteiger partial charge in [-0.1, -0.05) is 19.0 Å². The van der Waals surface area contributed by atoms with E-state index in [0.29, 0.717) is 6.61 Å². The summed E-state index contributed by atoms with van der Waals surface area (Å²) in [6.07, 6.45) is 2.07. The SMILES string of the molecule is CCN(CC)CCON=C1c2sccc2-n2cccc21. The van der Waals surface area contributed by atoms with Gasteiger partial charge in [-0.05, 0) is 36.7 Å². The highest BCUT2D eigenvalue weighted by atomic mass is 32.1. The number of hydrogen-bond donors (Lipinski definition) is 0. The quantitative estimate of drug-likeness (QED) is 0.516. The Balaban J connectivity index is 1.71. The molecule has 3 rings (SSSR count). The van der Waals surface area contributed by atoms with Gasteiger partial charge in [0.2, 0.25) is 0 Å². The van der Waals surface area contributed by atoms with E-state index < -0.39 is 0 Å². The lowest BCUT2D eigenvalue weighted by Crippen LogP contribution is -2.26. The Morgan fingerprint density at radius 3 is 2.95 bits per heavy atom. The number of nitrogens with zero attached hydrogens (tertiary/aromatic N) is 3. The van der Waals surface area contributed by atoms with Gasteiger partial charge in [-0.15, -0.1) is 11.3 Å². The molecular weight excluding hydrogens is 270 g/mol. The molecule has 0 aliphatic carbocycles. The predicted octanol–water partition coefficient (Wildman–Crippen LogP) is 2.96. The van der Waals surface area contributed by atoms with Gasteiger partial charge in [0, 0.05) is 12.7 Å². The molecule has 0 saturated heterocycles. The third kappa shape index (κ3) is 2.27. The smallest absolute Gasteiger partial charge is 0.146 e. The highest BCUT2D eigenvalue weighted by Gasteiger charge is 2.26. The number of likely N-dealkylation sites (N-methyl/N-ethyl adjacent to an activating group) is 1. The molecule has 1 aliphatic rings. The lowest BCUT2D eigenvalue weighted by atomic mass is 10.2. The van der Waals surface area contributed by atoms with Crippen LogP contribution in [-0.4, -0.2) is 41.4 Å².